The molecular weight excluding hydrogens is 1220 g/mol. The zero-order valence-corrected chi connectivity index (χ0v) is 62.2. The van der Waals surface area contributed by atoms with Crippen LogP contribution in [0.5, 0.6) is 0 Å². The Hall–Kier alpha value is -1.94. The molecule has 0 aliphatic heterocycles. The van der Waals surface area contributed by atoms with Crippen LogP contribution in [-0.2, 0) is 65.4 Å². The Kier molecular flexibility index (Phi) is 65.9. The summed E-state index contributed by atoms with van der Waals surface area (Å²) in [7, 11) is -9.90. The average molecular weight is 1370 g/mol. The molecule has 5 atom stereocenters. The van der Waals surface area contributed by atoms with Gasteiger partial charge in [-0.2, -0.15) is 0 Å². The number of hydrogen-bond donors (Lipinski definition) is 3. The van der Waals surface area contributed by atoms with Gasteiger partial charge in [-0.25, -0.2) is 9.13 Å². The first-order valence-electron chi connectivity index (χ1n) is 38.6. The summed E-state index contributed by atoms with van der Waals surface area (Å²) in [5.41, 5.74) is 0. The Morgan fingerprint density at radius 2 is 0.495 bits per heavy atom. The molecule has 0 radical (unpaired) electrons. The molecule has 552 valence electrons. The molecule has 0 fully saturated rings. The Morgan fingerprint density at radius 1 is 0.290 bits per heavy atom. The van der Waals surface area contributed by atoms with E-state index >= 15 is 0 Å². The monoisotopic (exact) mass is 1370 g/mol. The zero-order valence-electron chi connectivity index (χ0n) is 60.4. The summed E-state index contributed by atoms with van der Waals surface area (Å²) in [5, 5.41) is 10.6. The van der Waals surface area contributed by atoms with Gasteiger partial charge in [0, 0.05) is 25.7 Å². The molecule has 0 saturated carbocycles. The molecule has 0 heterocycles. The third-order valence-corrected chi connectivity index (χ3v) is 19.2. The molecule has 0 aliphatic rings. The van der Waals surface area contributed by atoms with Crippen LogP contribution in [-0.4, -0.2) is 96.7 Å². The fourth-order valence-electron chi connectivity index (χ4n) is 11.4. The maximum Gasteiger partial charge on any atom is 0.472 e. The highest BCUT2D eigenvalue weighted by Crippen LogP contribution is 2.45. The van der Waals surface area contributed by atoms with Gasteiger partial charge >= 0.3 is 39.5 Å². The highest BCUT2D eigenvalue weighted by Gasteiger charge is 2.30. The third kappa shape index (κ3) is 68.4. The van der Waals surface area contributed by atoms with Gasteiger partial charge in [0.15, 0.2) is 12.2 Å². The lowest BCUT2D eigenvalue weighted by Crippen LogP contribution is -2.30. The summed E-state index contributed by atoms with van der Waals surface area (Å²) in [5.74, 6) is -1.36. The predicted molar refractivity (Wildman–Crippen MR) is 377 cm³/mol. The van der Waals surface area contributed by atoms with Crippen molar-refractivity contribution in [1.29, 1.82) is 0 Å². The molecule has 0 aromatic heterocycles. The van der Waals surface area contributed by atoms with E-state index < -0.39 is 97.5 Å². The van der Waals surface area contributed by atoms with Gasteiger partial charge in [0.2, 0.25) is 0 Å². The zero-order chi connectivity index (χ0) is 68.4. The summed E-state index contributed by atoms with van der Waals surface area (Å²) in [6.07, 6.45) is 55.7. The molecule has 0 aliphatic carbocycles. The van der Waals surface area contributed by atoms with Crippen LogP contribution in [0.25, 0.3) is 0 Å². The van der Waals surface area contributed by atoms with Gasteiger partial charge in [0.05, 0.1) is 26.4 Å². The van der Waals surface area contributed by atoms with Crippen LogP contribution in [0.1, 0.15) is 388 Å². The lowest BCUT2D eigenvalue weighted by atomic mass is 10.0. The first kappa shape index (κ1) is 91.1. The SMILES string of the molecule is CCCCCCCCCCCCCCCCCCCCCCC(=O)O[C@H](COC(=O)CCCCCCCCCCCCC(C)C)COP(=O)(O)OC[C@@H](O)COP(=O)(O)OC[C@@H](COC(=O)CCCCCCCCC)OC(=O)CCCCCCCCCCCCCCC. The van der Waals surface area contributed by atoms with Crippen LogP contribution in [0.2, 0.25) is 0 Å². The first-order valence-corrected chi connectivity index (χ1v) is 41.6. The lowest BCUT2D eigenvalue weighted by molar-refractivity contribution is -0.161. The van der Waals surface area contributed by atoms with Crippen molar-refractivity contribution in [2.24, 2.45) is 5.92 Å². The Bertz CT molecular complexity index is 1790. The van der Waals surface area contributed by atoms with Gasteiger partial charge in [0.25, 0.3) is 0 Å². The maximum atomic E-state index is 13.1. The molecule has 3 N–H and O–H groups in total. The summed E-state index contributed by atoms with van der Waals surface area (Å²) in [6, 6.07) is 0. The summed E-state index contributed by atoms with van der Waals surface area (Å²) < 4.78 is 68.3. The minimum absolute atomic E-state index is 0.107. The molecule has 0 aromatic carbocycles. The number of aliphatic hydroxyl groups is 1. The second-order valence-electron chi connectivity index (χ2n) is 27.2. The molecule has 0 rings (SSSR count). The number of hydrogen-bond acceptors (Lipinski definition) is 15. The second kappa shape index (κ2) is 67.3. The van der Waals surface area contributed by atoms with Crippen molar-refractivity contribution in [3.8, 4) is 0 Å². The quantitative estimate of drug-likeness (QED) is 0.0222. The Labute approximate surface area is 568 Å². The van der Waals surface area contributed by atoms with Crippen LogP contribution in [0.15, 0.2) is 0 Å². The minimum atomic E-state index is -4.95. The molecular formula is C74H144O17P2. The summed E-state index contributed by atoms with van der Waals surface area (Å²) in [6.45, 7) is 7.23. The number of phosphoric acid groups is 2. The van der Waals surface area contributed by atoms with E-state index in [-0.39, 0.29) is 25.7 Å². The molecule has 0 amide bonds. The number of unbranched alkanes of at least 4 members (excludes halogenated alkanes) is 46. The van der Waals surface area contributed by atoms with E-state index in [0.717, 1.165) is 109 Å². The van der Waals surface area contributed by atoms with Crippen LogP contribution >= 0.6 is 15.6 Å². The van der Waals surface area contributed by atoms with Gasteiger partial charge in [-0.05, 0) is 31.6 Å². The Morgan fingerprint density at radius 3 is 0.731 bits per heavy atom. The fraction of sp³-hybridized carbons (Fsp3) is 0.946. The molecule has 17 nitrogen and oxygen atoms in total. The van der Waals surface area contributed by atoms with Gasteiger partial charge in [-0.1, -0.05) is 336 Å². The van der Waals surface area contributed by atoms with E-state index in [1.54, 1.807) is 0 Å². The molecule has 19 heteroatoms. The molecule has 0 spiro atoms. The number of ether oxygens (including phenoxy) is 4. The number of phosphoric ester groups is 2. The molecule has 93 heavy (non-hydrogen) atoms. The van der Waals surface area contributed by atoms with E-state index in [4.69, 9.17) is 37.0 Å². The van der Waals surface area contributed by atoms with Crippen molar-refractivity contribution in [2.45, 2.75) is 406 Å². The fourth-order valence-corrected chi connectivity index (χ4v) is 12.9. The highest BCUT2D eigenvalue weighted by atomic mass is 31.2. The highest BCUT2D eigenvalue weighted by molar-refractivity contribution is 7.47. The summed E-state index contributed by atoms with van der Waals surface area (Å²) in [4.78, 5) is 72.6. The van der Waals surface area contributed by atoms with Crippen molar-refractivity contribution in [2.75, 3.05) is 39.6 Å². The van der Waals surface area contributed by atoms with Crippen LogP contribution in [0, 0.1) is 5.92 Å². The largest absolute Gasteiger partial charge is 0.472 e. The third-order valence-electron chi connectivity index (χ3n) is 17.3. The summed E-state index contributed by atoms with van der Waals surface area (Å²) >= 11 is 0. The Balaban J connectivity index is 5.17. The second-order valence-corrected chi connectivity index (χ2v) is 30.1. The van der Waals surface area contributed by atoms with E-state index in [1.165, 1.54) is 199 Å². The molecule has 0 saturated heterocycles. The van der Waals surface area contributed by atoms with Gasteiger partial charge < -0.3 is 33.8 Å². The number of carbonyl (C=O) groups is 4. The van der Waals surface area contributed by atoms with Crippen molar-refractivity contribution in [3.05, 3.63) is 0 Å². The molecule has 0 bridgehead atoms. The number of rotatable bonds is 74. The van der Waals surface area contributed by atoms with E-state index in [2.05, 4.69) is 34.6 Å². The normalized spacial score (nSPS) is 14.0. The van der Waals surface area contributed by atoms with Gasteiger partial charge in [-0.3, -0.25) is 37.3 Å². The molecule has 2 unspecified atom stereocenters. The van der Waals surface area contributed by atoms with E-state index in [9.17, 15) is 43.2 Å². The van der Waals surface area contributed by atoms with Crippen LogP contribution < -0.4 is 0 Å². The number of esters is 4. The van der Waals surface area contributed by atoms with Crippen LogP contribution in [0.3, 0.4) is 0 Å². The minimum Gasteiger partial charge on any atom is -0.462 e. The lowest BCUT2D eigenvalue weighted by Gasteiger charge is -2.21. The van der Waals surface area contributed by atoms with E-state index in [0.29, 0.717) is 25.7 Å². The topological polar surface area (TPSA) is 237 Å². The number of aliphatic hydroxyl groups excluding tert-OH is 1. The van der Waals surface area contributed by atoms with Crippen molar-refractivity contribution >= 4 is 39.5 Å². The van der Waals surface area contributed by atoms with Gasteiger partial charge in [-0.15, -0.1) is 0 Å². The van der Waals surface area contributed by atoms with Crippen LogP contribution in [0.4, 0.5) is 0 Å². The predicted octanol–water partition coefficient (Wildman–Crippen LogP) is 21.7. The first-order chi connectivity index (χ1) is 45.0. The van der Waals surface area contributed by atoms with Crippen molar-refractivity contribution < 1.29 is 80.2 Å². The van der Waals surface area contributed by atoms with E-state index in [1.807, 2.05) is 0 Å². The van der Waals surface area contributed by atoms with Crippen molar-refractivity contribution in [1.82, 2.24) is 0 Å². The van der Waals surface area contributed by atoms with Gasteiger partial charge in [0.1, 0.15) is 19.3 Å². The smallest absolute Gasteiger partial charge is 0.462 e. The molecule has 0 aromatic rings. The van der Waals surface area contributed by atoms with Crippen molar-refractivity contribution in [3.63, 3.8) is 0 Å². The standard InChI is InChI=1S/C74H144O17P2/c1-6-9-12-15-18-20-22-24-25-26-27-28-29-30-32-34-40-45-50-55-60-74(79)91-70(64-85-72(77)58-53-48-43-38-36-35-37-42-46-51-56-67(4)5)66-89-93(82,83)87-62-68(75)61-86-92(80,81)88-65-69(63-84-71(76)57-52-47-41-17-14-11-8-3)90-73(78)59-54-49-44-39-33-31-23-21-19-16-13-10-7-2/h67-70,75H,6-66H2,1-5H3,(H,80,81)(H,82,83)/t68-,69+,70+/m0/s1. The number of carbonyl (C=O) groups excluding carboxylic acids is 4. The maximum absolute atomic E-state index is 13.1. The average Bonchev–Trinajstić information content (AvgIpc) is 1.85.